The van der Waals surface area contributed by atoms with Crippen LogP contribution < -0.4 is 5.32 Å². The van der Waals surface area contributed by atoms with Crippen molar-refractivity contribution in [2.75, 3.05) is 6.61 Å². The monoisotopic (exact) mass is 275 g/mol. The number of hydrogen-bond acceptors (Lipinski definition) is 4. The van der Waals surface area contributed by atoms with E-state index in [0.717, 1.165) is 5.56 Å². The summed E-state index contributed by atoms with van der Waals surface area (Å²) in [4.78, 5) is 22.4. The first-order valence-electron chi connectivity index (χ1n) is 6.46. The van der Waals surface area contributed by atoms with Crippen LogP contribution in [0.2, 0.25) is 0 Å². The van der Waals surface area contributed by atoms with E-state index in [1.165, 1.54) is 0 Å². The van der Waals surface area contributed by atoms with Crippen molar-refractivity contribution in [3.8, 4) is 0 Å². The zero-order valence-corrected chi connectivity index (χ0v) is 11.4. The van der Waals surface area contributed by atoms with Crippen LogP contribution in [-0.4, -0.2) is 43.5 Å². The number of ether oxygens (including phenoxy) is 1. The molecule has 2 unspecified atom stereocenters. The van der Waals surface area contributed by atoms with Crippen LogP contribution in [0.3, 0.4) is 0 Å². The van der Waals surface area contributed by atoms with Gasteiger partial charge < -0.3 is 15.2 Å². The third-order valence-electron chi connectivity index (χ3n) is 2.77. The zero-order valence-electron chi connectivity index (χ0n) is 11.4. The highest BCUT2D eigenvalue weighted by Crippen LogP contribution is 2.09. The molecule has 0 aliphatic heterocycles. The molecule has 106 valence electrons. The van der Waals surface area contributed by atoms with Crippen molar-refractivity contribution in [3.63, 3.8) is 0 Å². The molecule has 2 atom stereocenters. The smallest absolute Gasteiger partial charge is 0.308 e. The predicted octanol–water partition coefficient (Wildman–Crippen LogP) is 0.790. The number of hydrogen-bond donors (Lipinski definition) is 2. The molecule has 0 aliphatic rings. The van der Waals surface area contributed by atoms with Gasteiger partial charge in [-0.15, -0.1) is 0 Å². The van der Waals surface area contributed by atoms with E-state index in [1.54, 1.807) is 6.92 Å². The highest BCUT2D eigenvalue weighted by atomic mass is 16.5. The van der Waals surface area contributed by atoms with E-state index in [9.17, 15) is 14.7 Å². The number of aliphatic hydroxyl groups is 1. The summed E-state index contributed by atoms with van der Waals surface area (Å²) in [7, 11) is 5.10. The largest absolute Gasteiger partial charge is 0.466 e. The molecule has 0 heterocycles. The minimum absolute atomic E-state index is 0.189. The number of carbonyl (C=O) groups excluding carboxylic acids is 2. The van der Waals surface area contributed by atoms with Gasteiger partial charge in [0, 0.05) is 0 Å². The van der Waals surface area contributed by atoms with Gasteiger partial charge in [0.2, 0.25) is 7.85 Å². The number of benzene rings is 1. The van der Waals surface area contributed by atoms with Crippen LogP contribution in [0.25, 0.3) is 0 Å². The molecule has 0 saturated carbocycles. The fourth-order valence-electron chi connectivity index (χ4n) is 1.87. The lowest BCUT2D eigenvalue weighted by Gasteiger charge is -2.23. The highest BCUT2D eigenvalue weighted by Gasteiger charge is 2.23. The van der Waals surface area contributed by atoms with Crippen LogP contribution >= 0.6 is 0 Å². The molecule has 0 aromatic heterocycles. The SMILES string of the molecule is [B]C(=O)NC(Cc1ccccc1)C(O)CC(=O)OCC. The van der Waals surface area contributed by atoms with Gasteiger partial charge in [-0.05, 0) is 18.9 Å². The molecule has 0 spiro atoms. The third kappa shape index (κ3) is 5.88. The summed E-state index contributed by atoms with van der Waals surface area (Å²) in [6, 6.07) is 8.68. The number of carbonyl (C=O) groups is 2. The first-order valence-corrected chi connectivity index (χ1v) is 6.46. The number of rotatable bonds is 7. The third-order valence-corrected chi connectivity index (χ3v) is 2.77. The molecule has 0 bridgehead atoms. The number of aliphatic hydroxyl groups excluding tert-OH is 1. The van der Waals surface area contributed by atoms with Crippen molar-refractivity contribution in [2.24, 2.45) is 0 Å². The maximum absolute atomic E-state index is 11.4. The van der Waals surface area contributed by atoms with E-state index in [2.05, 4.69) is 5.32 Å². The van der Waals surface area contributed by atoms with Crippen LogP contribution in [0.4, 0.5) is 4.79 Å². The highest BCUT2D eigenvalue weighted by molar-refractivity contribution is 6.57. The van der Waals surface area contributed by atoms with Crippen LogP contribution in [0.5, 0.6) is 0 Å². The molecule has 1 amide bonds. The Balaban J connectivity index is 2.68. The zero-order chi connectivity index (χ0) is 15.0. The average molecular weight is 275 g/mol. The summed E-state index contributed by atoms with van der Waals surface area (Å²) in [6.45, 7) is 1.94. The Morgan fingerprint density at radius 1 is 1.35 bits per heavy atom. The Hall–Kier alpha value is -1.82. The standard InChI is InChI=1S/C14H18BNO4/c1-2-20-13(18)9-12(17)11(16-14(15)19)8-10-6-4-3-5-7-10/h3-7,11-12,17H,2,8-9H2,1H3,(H,16,19). The molecule has 1 aromatic rings. The lowest BCUT2D eigenvalue weighted by atomic mass is 9.97. The minimum atomic E-state index is -1.05. The average Bonchev–Trinajstić information content (AvgIpc) is 2.38. The first-order chi connectivity index (χ1) is 9.52. The van der Waals surface area contributed by atoms with Crippen LogP contribution in [0.1, 0.15) is 18.9 Å². The molecule has 0 aliphatic carbocycles. The van der Waals surface area contributed by atoms with Crippen LogP contribution in [0.15, 0.2) is 30.3 Å². The van der Waals surface area contributed by atoms with Crippen molar-refractivity contribution in [1.82, 2.24) is 5.32 Å². The second kappa shape index (κ2) is 8.37. The summed E-state index contributed by atoms with van der Waals surface area (Å²) in [5.74, 6) is -1.25. The summed E-state index contributed by atoms with van der Waals surface area (Å²) in [5.41, 5.74) is 0.925. The maximum atomic E-state index is 11.4. The van der Waals surface area contributed by atoms with Crippen LogP contribution in [0, 0.1) is 0 Å². The summed E-state index contributed by atoms with van der Waals surface area (Å²) in [5, 5.41) is 12.5. The molecular formula is C14H18BNO4. The molecule has 1 rings (SSSR count). The van der Waals surface area contributed by atoms with E-state index < -0.39 is 23.9 Å². The van der Waals surface area contributed by atoms with Crippen LogP contribution in [-0.2, 0) is 16.0 Å². The molecule has 20 heavy (non-hydrogen) atoms. The van der Waals surface area contributed by atoms with Gasteiger partial charge in [-0.25, -0.2) is 0 Å². The fourth-order valence-corrected chi connectivity index (χ4v) is 1.87. The van der Waals surface area contributed by atoms with Gasteiger partial charge in [-0.3, -0.25) is 9.59 Å². The summed E-state index contributed by atoms with van der Waals surface area (Å²) >= 11 is 0. The molecule has 0 saturated heterocycles. The number of nitrogens with one attached hydrogen (secondary N) is 1. The quantitative estimate of drug-likeness (QED) is 0.570. The van der Waals surface area contributed by atoms with E-state index in [-0.39, 0.29) is 13.0 Å². The summed E-state index contributed by atoms with van der Waals surface area (Å²) < 4.78 is 4.77. The van der Waals surface area contributed by atoms with Gasteiger partial charge in [0.05, 0.1) is 25.2 Å². The van der Waals surface area contributed by atoms with E-state index >= 15 is 0 Å². The predicted molar refractivity (Wildman–Crippen MR) is 75.5 cm³/mol. The molecule has 5 nitrogen and oxygen atoms in total. The van der Waals surface area contributed by atoms with Gasteiger partial charge in [0.25, 0.3) is 0 Å². The van der Waals surface area contributed by atoms with Gasteiger partial charge in [-0.1, -0.05) is 30.3 Å². The van der Waals surface area contributed by atoms with Crippen molar-refractivity contribution in [2.45, 2.75) is 31.9 Å². The van der Waals surface area contributed by atoms with Crippen molar-refractivity contribution in [3.05, 3.63) is 35.9 Å². The normalized spacial score (nSPS) is 13.3. The van der Waals surface area contributed by atoms with Gasteiger partial charge >= 0.3 is 5.97 Å². The first kappa shape index (κ1) is 16.2. The number of esters is 1. The molecule has 6 heteroatoms. The Morgan fingerprint density at radius 2 is 2.00 bits per heavy atom. The van der Waals surface area contributed by atoms with Gasteiger partial charge in [-0.2, -0.15) is 0 Å². The lowest BCUT2D eigenvalue weighted by Crippen LogP contribution is -2.45. The Labute approximate surface area is 119 Å². The second-order valence-corrected chi connectivity index (χ2v) is 4.38. The molecular weight excluding hydrogens is 257 g/mol. The van der Waals surface area contributed by atoms with Gasteiger partial charge in [0.15, 0.2) is 5.81 Å². The maximum Gasteiger partial charge on any atom is 0.308 e. The molecule has 1 aromatic carbocycles. The topological polar surface area (TPSA) is 75.6 Å². The molecule has 2 N–H and O–H groups in total. The van der Waals surface area contributed by atoms with Crippen molar-refractivity contribution >= 4 is 19.6 Å². The Kier molecular flexibility index (Phi) is 6.80. The van der Waals surface area contributed by atoms with E-state index in [1.807, 2.05) is 30.3 Å². The molecule has 2 radical (unpaired) electrons. The fraction of sp³-hybridized carbons (Fsp3) is 0.429. The summed E-state index contributed by atoms with van der Waals surface area (Å²) in [6.07, 6.45) is -0.863. The van der Waals surface area contributed by atoms with Crippen molar-refractivity contribution < 1.29 is 19.4 Å². The Bertz CT molecular complexity index is 438. The van der Waals surface area contributed by atoms with E-state index in [4.69, 9.17) is 12.6 Å². The Morgan fingerprint density at radius 3 is 2.55 bits per heavy atom. The minimum Gasteiger partial charge on any atom is -0.466 e. The van der Waals surface area contributed by atoms with Crippen molar-refractivity contribution in [1.29, 1.82) is 0 Å². The van der Waals surface area contributed by atoms with Gasteiger partial charge in [0.1, 0.15) is 0 Å². The second-order valence-electron chi connectivity index (χ2n) is 4.38. The number of amides is 1. The van der Waals surface area contributed by atoms with E-state index in [0.29, 0.717) is 6.42 Å². The lowest BCUT2D eigenvalue weighted by molar-refractivity contribution is -0.145. The molecule has 0 fully saturated rings.